The Morgan fingerprint density at radius 2 is 2.32 bits per heavy atom. The van der Waals surface area contributed by atoms with Crippen LogP contribution in [0.5, 0.6) is 0 Å². The number of hydrogen-bond donors (Lipinski definition) is 1. The molecule has 3 rings (SSSR count). The van der Waals surface area contributed by atoms with Crippen molar-refractivity contribution in [3.8, 4) is 0 Å². The van der Waals surface area contributed by atoms with Crippen molar-refractivity contribution < 1.29 is 9.18 Å². The third-order valence-electron chi connectivity index (χ3n) is 3.76. The standard InChI is InChI=1S/C15H16ClFN4O/c1-20-8-10(7-18-20)15(22)19-11-4-5-21(9-11)12-2-3-14(17)13(16)6-12/h2-3,6-8,11H,4-5,9H2,1H3,(H,19,22)/t11-/m1/s1. The Morgan fingerprint density at radius 1 is 1.50 bits per heavy atom. The Hall–Kier alpha value is -2.08. The van der Waals surface area contributed by atoms with Crippen LogP contribution in [0.4, 0.5) is 10.1 Å². The summed E-state index contributed by atoms with van der Waals surface area (Å²) >= 11 is 5.81. The largest absolute Gasteiger partial charge is 0.369 e. The van der Waals surface area contributed by atoms with Crippen molar-refractivity contribution in [1.82, 2.24) is 15.1 Å². The lowest BCUT2D eigenvalue weighted by atomic mass is 10.2. The molecule has 1 saturated heterocycles. The van der Waals surface area contributed by atoms with Gasteiger partial charge >= 0.3 is 0 Å². The zero-order valence-corrected chi connectivity index (χ0v) is 12.8. The minimum Gasteiger partial charge on any atom is -0.369 e. The molecule has 1 aromatic carbocycles. The predicted octanol–water partition coefficient (Wildman–Crippen LogP) is 2.22. The molecule has 0 aliphatic carbocycles. The van der Waals surface area contributed by atoms with E-state index in [0.717, 1.165) is 18.7 Å². The molecular formula is C15H16ClFN4O. The summed E-state index contributed by atoms with van der Waals surface area (Å²) in [5.74, 6) is -0.553. The molecule has 1 aromatic heterocycles. The number of anilines is 1. The number of halogens is 2. The Bertz CT molecular complexity index is 703. The molecule has 1 aliphatic rings. The SMILES string of the molecule is Cn1cc(C(=O)N[C@@H]2CCN(c3ccc(F)c(Cl)c3)C2)cn1. The van der Waals surface area contributed by atoms with Crippen molar-refractivity contribution in [3.05, 3.63) is 47.0 Å². The van der Waals surface area contributed by atoms with Crippen LogP contribution < -0.4 is 10.2 Å². The van der Waals surface area contributed by atoms with E-state index in [0.29, 0.717) is 12.1 Å². The normalized spacial score (nSPS) is 17.8. The van der Waals surface area contributed by atoms with Crippen molar-refractivity contribution >= 4 is 23.2 Å². The van der Waals surface area contributed by atoms with Crippen LogP contribution in [0.15, 0.2) is 30.6 Å². The first kappa shape index (κ1) is 14.8. The second-order valence-corrected chi connectivity index (χ2v) is 5.81. The first-order chi connectivity index (χ1) is 10.5. The first-order valence-corrected chi connectivity index (χ1v) is 7.40. The summed E-state index contributed by atoms with van der Waals surface area (Å²) in [6.45, 7) is 1.47. The third-order valence-corrected chi connectivity index (χ3v) is 4.05. The quantitative estimate of drug-likeness (QED) is 0.942. The average Bonchev–Trinajstić information content (AvgIpc) is 3.11. The highest BCUT2D eigenvalue weighted by Gasteiger charge is 2.25. The summed E-state index contributed by atoms with van der Waals surface area (Å²) < 4.78 is 14.8. The highest BCUT2D eigenvalue weighted by atomic mass is 35.5. The van der Waals surface area contributed by atoms with Crippen molar-refractivity contribution in [2.75, 3.05) is 18.0 Å². The molecule has 7 heteroatoms. The average molecular weight is 323 g/mol. The zero-order valence-electron chi connectivity index (χ0n) is 12.1. The highest BCUT2D eigenvalue weighted by Crippen LogP contribution is 2.25. The van der Waals surface area contributed by atoms with Gasteiger partial charge in [-0.25, -0.2) is 4.39 Å². The fourth-order valence-electron chi connectivity index (χ4n) is 2.60. The van der Waals surface area contributed by atoms with E-state index in [-0.39, 0.29) is 17.0 Å². The van der Waals surface area contributed by atoms with E-state index in [9.17, 15) is 9.18 Å². The number of aromatic nitrogens is 2. The topological polar surface area (TPSA) is 50.2 Å². The lowest BCUT2D eigenvalue weighted by Crippen LogP contribution is -2.37. The summed E-state index contributed by atoms with van der Waals surface area (Å²) in [4.78, 5) is 14.2. The van der Waals surface area contributed by atoms with Crippen molar-refractivity contribution in [3.63, 3.8) is 0 Å². The van der Waals surface area contributed by atoms with Crippen molar-refractivity contribution in [2.45, 2.75) is 12.5 Å². The number of carbonyl (C=O) groups excluding carboxylic acids is 1. The molecule has 22 heavy (non-hydrogen) atoms. The first-order valence-electron chi connectivity index (χ1n) is 7.02. The van der Waals surface area contributed by atoms with Crippen LogP contribution in [0.1, 0.15) is 16.8 Å². The molecular weight excluding hydrogens is 307 g/mol. The van der Waals surface area contributed by atoms with E-state index in [2.05, 4.69) is 15.3 Å². The monoisotopic (exact) mass is 322 g/mol. The lowest BCUT2D eigenvalue weighted by Gasteiger charge is -2.19. The molecule has 2 aromatic rings. The maximum Gasteiger partial charge on any atom is 0.254 e. The van der Waals surface area contributed by atoms with Gasteiger partial charge in [0.15, 0.2) is 0 Å². The third kappa shape index (κ3) is 3.06. The Morgan fingerprint density at radius 3 is 3.00 bits per heavy atom. The molecule has 1 N–H and O–H groups in total. The van der Waals surface area contributed by atoms with Crippen molar-refractivity contribution in [1.29, 1.82) is 0 Å². The smallest absolute Gasteiger partial charge is 0.254 e. The van der Waals surface area contributed by atoms with Gasteiger partial charge in [0, 0.05) is 38.1 Å². The Labute approximate surface area is 132 Å². The maximum absolute atomic E-state index is 13.2. The summed E-state index contributed by atoms with van der Waals surface area (Å²) in [6, 6.07) is 4.73. The Kier molecular flexibility index (Phi) is 4.02. The molecule has 1 aliphatic heterocycles. The Balaban J connectivity index is 1.62. The minimum absolute atomic E-state index is 0.0523. The molecule has 5 nitrogen and oxygen atoms in total. The van der Waals surface area contributed by atoms with Gasteiger partial charge in [0.1, 0.15) is 5.82 Å². The number of nitrogens with one attached hydrogen (secondary N) is 1. The molecule has 0 radical (unpaired) electrons. The predicted molar refractivity (Wildman–Crippen MR) is 82.7 cm³/mol. The van der Waals surface area contributed by atoms with Crippen LogP contribution in [0.25, 0.3) is 0 Å². The van der Waals surface area contributed by atoms with Gasteiger partial charge in [0.05, 0.1) is 16.8 Å². The van der Waals surface area contributed by atoms with Gasteiger partial charge < -0.3 is 10.2 Å². The molecule has 0 saturated carbocycles. The van der Waals surface area contributed by atoms with E-state index in [4.69, 9.17) is 11.6 Å². The molecule has 116 valence electrons. The fraction of sp³-hybridized carbons (Fsp3) is 0.333. The highest BCUT2D eigenvalue weighted by molar-refractivity contribution is 6.31. The van der Waals surface area contributed by atoms with Gasteiger partial charge in [0.2, 0.25) is 0 Å². The molecule has 1 atom stereocenters. The van der Waals surface area contributed by atoms with Gasteiger partial charge in [0.25, 0.3) is 5.91 Å². The summed E-state index contributed by atoms with van der Waals surface area (Å²) in [5.41, 5.74) is 1.41. The number of carbonyl (C=O) groups is 1. The molecule has 1 amide bonds. The van der Waals surface area contributed by atoms with E-state index in [1.165, 1.54) is 6.07 Å². The molecule has 0 unspecified atom stereocenters. The van der Waals surface area contributed by atoms with Crippen LogP contribution in [0, 0.1) is 5.82 Å². The summed E-state index contributed by atoms with van der Waals surface area (Å²) in [6.07, 6.45) is 4.06. The van der Waals surface area contributed by atoms with E-state index in [1.807, 2.05) is 0 Å². The lowest BCUT2D eigenvalue weighted by molar-refractivity contribution is 0.0940. The van der Waals surface area contributed by atoms with Gasteiger partial charge in [-0.3, -0.25) is 9.48 Å². The van der Waals surface area contributed by atoms with Gasteiger partial charge in [-0.15, -0.1) is 0 Å². The van der Waals surface area contributed by atoms with Gasteiger partial charge in [-0.05, 0) is 24.6 Å². The van der Waals surface area contributed by atoms with E-state index >= 15 is 0 Å². The van der Waals surface area contributed by atoms with Crippen LogP contribution in [0.3, 0.4) is 0 Å². The summed E-state index contributed by atoms with van der Waals surface area (Å²) in [7, 11) is 1.77. The fourth-order valence-corrected chi connectivity index (χ4v) is 2.78. The van der Waals surface area contributed by atoms with Crippen molar-refractivity contribution in [2.24, 2.45) is 7.05 Å². The number of aryl methyl sites for hydroxylation is 1. The van der Waals surface area contributed by atoms with Gasteiger partial charge in [-0.2, -0.15) is 5.10 Å². The molecule has 0 bridgehead atoms. The van der Waals surface area contributed by atoms with Crippen LogP contribution in [-0.2, 0) is 7.05 Å². The number of amides is 1. The molecule has 2 heterocycles. The second kappa shape index (κ2) is 5.96. The zero-order chi connectivity index (χ0) is 15.7. The molecule has 0 spiro atoms. The number of hydrogen-bond acceptors (Lipinski definition) is 3. The summed E-state index contributed by atoms with van der Waals surface area (Å²) in [5, 5.41) is 7.09. The van der Waals surface area contributed by atoms with E-state index < -0.39 is 5.82 Å². The minimum atomic E-state index is -0.425. The molecule has 1 fully saturated rings. The number of benzene rings is 1. The van der Waals surface area contributed by atoms with Crippen LogP contribution in [0.2, 0.25) is 5.02 Å². The maximum atomic E-state index is 13.2. The van der Waals surface area contributed by atoms with E-state index in [1.54, 1.807) is 36.3 Å². The van der Waals surface area contributed by atoms with Gasteiger partial charge in [-0.1, -0.05) is 11.6 Å². The van der Waals surface area contributed by atoms with Crippen LogP contribution in [-0.4, -0.2) is 34.8 Å². The number of nitrogens with zero attached hydrogens (tertiary/aromatic N) is 3. The number of rotatable bonds is 3. The van der Waals surface area contributed by atoms with Crippen LogP contribution >= 0.6 is 11.6 Å². The second-order valence-electron chi connectivity index (χ2n) is 5.41.